The topological polar surface area (TPSA) is 102 Å². The normalized spacial score (nSPS) is 12.0. The van der Waals surface area contributed by atoms with Crippen molar-refractivity contribution in [3.63, 3.8) is 0 Å². The quantitative estimate of drug-likeness (QED) is 0.321. The van der Waals surface area contributed by atoms with E-state index in [1.165, 1.54) is 14.2 Å². The molecule has 0 unspecified atom stereocenters. The molecule has 2 N–H and O–H groups in total. The van der Waals surface area contributed by atoms with E-state index in [4.69, 9.17) is 12.2 Å². The van der Waals surface area contributed by atoms with Crippen LogP contribution in [-0.2, 0) is 19.1 Å². The van der Waals surface area contributed by atoms with Crippen LogP contribution in [0, 0.1) is 0 Å². The van der Waals surface area contributed by atoms with Gasteiger partial charge in [-0.3, -0.25) is 15.2 Å². The fourth-order valence-electron chi connectivity index (χ4n) is 1.71. The highest BCUT2D eigenvalue weighted by Gasteiger charge is 2.21. The van der Waals surface area contributed by atoms with Crippen molar-refractivity contribution in [2.45, 2.75) is 25.8 Å². The largest absolute Gasteiger partial charge is 0.469 e. The lowest BCUT2D eigenvalue weighted by Gasteiger charge is -2.17. The van der Waals surface area contributed by atoms with Crippen LogP contribution in [0.2, 0.25) is 0 Å². The third-order valence-corrected chi connectivity index (χ3v) is 3.23. The van der Waals surface area contributed by atoms with Crippen LogP contribution in [0.5, 0.6) is 0 Å². The van der Waals surface area contributed by atoms with Gasteiger partial charge < -0.3 is 14.8 Å². The summed E-state index contributed by atoms with van der Waals surface area (Å²) < 4.78 is 9.24. The molecule has 0 saturated carbocycles. The molecule has 0 aliphatic carbocycles. The Bertz CT molecular complexity index is 607. The van der Waals surface area contributed by atoms with Gasteiger partial charge in [0, 0.05) is 12.6 Å². The number of pyridine rings is 1. The van der Waals surface area contributed by atoms with Gasteiger partial charge in [-0.25, -0.2) is 4.79 Å². The number of ether oxygens (including phenoxy) is 2. The lowest BCUT2D eigenvalue weighted by atomic mass is 10.1. The van der Waals surface area contributed by atoms with E-state index in [2.05, 4.69) is 30.3 Å². The van der Waals surface area contributed by atoms with Crippen LogP contribution >= 0.6 is 12.2 Å². The van der Waals surface area contributed by atoms with Gasteiger partial charge in [0.1, 0.15) is 6.04 Å². The molecule has 1 atom stereocenters. The molecule has 24 heavy (non-hydrogen) atoms. The zero-order valence-electron chi connectivity index (χ0n) is 13.7. The summed E-state index contributed by atoms with van der Waals surface area (Å²) >= 11 is 5.10. The van der Waals surface area contributed by atoms with Crippen molar-refractivity contribution in [3.05, 3.63) is 30.1 Å². The third kappa shape index (κ3) is 6.69. The second kappa shape index (κ2) is 10.3. The molecule has 0 saturated heterocycles. The SMILES string of the molecule is COC(=O)CC[C@@H](NC(=S)N/N=C(\C)c1ccccn1)C(=O)OC. The lowest BCUT2D eigenvalue weighted by molar-refractivity contribution is -0.144. The monoisotopic (exact) mass is 352 g/mol. The maximum absolute atomic E-state index is 11.7. The number of carbonyl (C=O) groups is 2. The molecule has 0 spiro atoms. The van der Waals surface area contributed by atoms with Crippen LogP contribution in [0.25, 0.3) is 0 Å². The minimum atomic E-state index is -0.778. The third-order valence-electron chi connectivity index (χ3n) is 3.02. The van der Waals surface area contributed by atoms with Gasteiger partial charge in [0.15, 0.2) is 5.11 Å². The smallest absolute Gasteiger partial charge is 0.328 e. The number of rotatable bonds is 7. The second-order valence-corrected chi connectivity index (χ2v) is 5.10. The van der Waals surface area contributed by atoms with Crippen molar-refractivity contribution in [1.29, 1.82) is 0 Å². The summed E-state index contributed by atoms with van der Waals surface area (Å²) in [4.78, 5) is 27.1. The number of thiocarbonyl (C=S) groups is 1. The van der Waals surface area contributed by atoms with Crippen molar-refractivity contribution >= 4 is 35.0 Å². The van der Waals surface area contributed by atoms with Crippen molar-refractivity contribution in [2.24, 2.45) is 5.10 Å². The van der Waals surface area contributed by atoms with E-state index in [9.17, 15) is 9.59 Å². The van der Waals surface area contributed by atoms with Crippen LogP contribution in [0.4, 0.5) is 0 Å². The van der Waals surface area contributed by atoms with E-state index < -0.39 is 18.0 Å². The summed E-state index contributed by atoms with van der Waals surface area (Å²) in [5.74, 6) is -0.956. The molecule has 0 aliphatic rings. The molecule has 130 valence electrons. The van der Waals surface area contributed by atoms with Gasteiger partial charge >= 0.3 is 11.9 Å². The predicted octanol–water partition coefficient (Wildman–Crippen LogP) is 0.764. The molecule has 1 aromatic heterocycles. The predicted molar refractivity (Wildman–Crippen MR) is 92.4 cm³/mol. The number of esters is 2. The Kier molecular flexibility index (Phi) is 8.34. The Morgan fingerprint density at radius 2 is 2.08 bits per heavy atom. The summed E-state index contributed by atoms with van der Waals surface area (Å²) in [5, 5.41) is 7.00. The minimum Gasteiger partial charge on any atom is -0.469 e. The molecule has 9 heteroatoms. The highest BCUT2D eigenvalue weighted by Crippen LogP contribution is 2.01. The first-order valence-corrected chi connectivity index (χ1v) is 7.55. The first-order chi connectivity index (χ1) is 11.5. The highest BCUT2D eigenvalue weighted by molar-refractivity contribution is 7.80. The summed E-state index contributed by atoms with van der Waals surface area (Å²) in [6, 6.07) is 4.68. The van der Waals surface area contributed by atoms with Gasteiger partial charge in [-0.1, -0.05) is 6.07 Å². The minimum absolute atomic E-state index is 0.0576. The molecule has 0 bridgehead atoms. The molecule has 1 rings (SSSR count). The average Bonchev–Trinajstić information content (AvgIpc) is 2.62. The molecular weight excluding hydrogens is 332 g/mol. The first-order valence-electron chi connectivity index (χ1n) is 7.14. The van der Waals surface area contributed by atoms with Crippen LogP contribution in [0.1, 0.15) is 25.5 Å². The molecule has 1 aromatic rings. The van der Waals surface area contributed by atoms with E-state index >= 15 is 0 Å². The van der Waals surface area contributed by atoms with Gasteiger partial charge in [0.05, 0.1) is 25.6 Å². The molecule has 0 radical (unpaired) electrons. The first kappa shape index (κ1) is 19.5. The van der Waals surface area contributed by atoms with Crippen LogP contribution < -0.4 is 10.7 Å². The van der Waals surface area contributed by atoms with E-state index in [1.54, 1.807) is 19.2 Å². The Labute approximate surface area is 145 Å². The van der Waals surface area contributed by atoms with Crippen LogP contribution in [-0.4, -0.2) is 48.0 Å². The number of nitrogens with one attached hydrogen (secondary N) is 2. The van der Waals surface area contributed by atoms with Crippen LogP contribution in [0.3, 0.4) is 0 Å². The van der Waals surface area contributed by atoms with E-state index in [0.29, 0.717) is 11.4 Å². The molecule has 8 nitrogen and oxygen atoms in total. The standard InChI is InChI=1S/C15H20N4O4S/c1-10(11-6-4-5-9-16-11)18-19-15(24)17-12(14(21)23-3)7-8-13(20)22-2/h4-6,9,12H,7-8H2,1-3H3,(H2,17,19,24)/b18-10+/t12-/m1/s1. The Morgan fingerprint density at radius 3 is 2.67 bits per heavy atom. The van der Waals surface area contributed by atoms with Gasteiger partial charge in [-0.05, 0) is 37.7 Å². The lowest BCUT2D eigenvalue weighted by Crippen LogP contribution is -2.45. The maximum atomic E-state index is 11.7. The fraction of sp³-hybridized carbons (Fsp3) is 0.400. The maximum Gasteiger partial charge on any atom is 0.328 e. The summed E-state index contributed by atoms with van der Waals surface area (Å²) in [5.41, 5.74) is 3.96. The number of hydrazone groups is 1. The Morgan fingerprint density at radius 1 is 1.33 bits per heavy atom. The van der Waals surface area contributed by atoms with E-state index in [1.807, 2.05) is 12.1 Å². The average molecular weight is 352 g/mol. The number of hydrogen-bond donors (Lipinski definition) is 2. The Hall–Kier alpha value is -2.55. The number of carbonyl (C=O) groups excluding carboxylic acids is 2. The Balaban J connectivity index is 2.61. The fourth-order valence-corrected chi connectivity index (χ4v) is 1.90. The molecule has 0 aromatic carbocycles. The molecule has 0 fully saturated rings. The summed E-state index contributed by atoms with van der Waals surface area (Å²) in [6.45, 7) is 1.77. The second-order valence-electron chi connectivity index (χ2n) is 4.69. The van der Waals surface area contributed by atoms with Gasteiger partial charge in [0.2, 0.25) is 0 Å². The molecular formula is C15H20N4O4S. The van der Waals surface area contributed by atoms with E-state index in [-0.39, 0.29) is 18.0 Å². The zero-order valence-corrected chi connectivity index (χ0v) is 14.6. The van der Waals surface area contributed by atoms with E-state index in [0.717, 1.165) is 0 Å². The van der Waals surface area contributed by atoms with Gasteiger partial charge in [-0.2, -0.15) is 5.10 Å². The molecule has 1 heterocycles. The number of methoxy groups -OCH3 is 2. The number of hydrogen-bond acceptors (Lipinski definition) is 7. The molecule has 0 aliphatic heterocycles. The van der Waals surface area contributed by atoms with Crippen molar-refractivity contribution in [2.75, 3.05) is 14.2 Å². The highest BCUT2D eigenvalue weighted by atomic mass is 32.1. The van der Waals surface area contributed by atoms with Crippen molar-refractivity contribution in [3.8, 4) is 0 Å². The van der Waals surface area contributed by atoms with Gasteiger partial charge in [0.25, 0.3) is 0 Å². The van der Waals surface area contributed by atoms with Crippen molar-refractivity contribution < 1.29 is 19.1 Å². The summed E-state index contributed by atoms with van der Waals surface area (Å²) in [7, 11) is 2.54. The molecule has 0 amide bonds. The number of nitrogens with zero attached hydrogens (tertiary/aromatic N) is 2. The summed E-state index contributed by atoms with van der Waals surface area (Å²) in [6.07, 6.45) is 1.90. The zero-order chi connectivity index (χ0) is 17.9. The van der Waals surface area contributed by atoms with Gasteiger partial charge in [-0.15, -0.1) is 0 Å². The van der Waals surface area contributed by atoms with Crippen LogP contribution in [0.15, 0.2) is 29.5 Å². The number of aromatic nitrogens is 1. The van der Waals surface area contributed by atoms with Crippen molar-refractivity contribution in [1.82, 2.24) is 15.7 Å².